The average Bonchev–Trinajstić information content (AvgIpc) is 3.35. The quantitative estimate of drug-likeness (QED) is 0.578. The highest BCUT2D eigenvalue weighted by atomic mass is 79.9. The molecule has 7 heteroatoms. The van der Waals surface area contributed by atoms with E-state index in [1.54, 1.807) is 24.6 Å². The van der Waals surface area contributed by atoms with Crippen molar-refractivity contribution in [1.82, 2.24) is 15.0 Å². The van der Waals surface area contributed by atoms with Crippen LogP contribution in [0.4, 0.5) is 0 Å². The first-order chi connectivity index (χ1) is 12.5. The van der Waals surface area contributed by atoms with Crippen molar-refractivity contribution in [1.29, 1.82) is 0 Å². The van der Waals surface area contributed by atoms with Crippen molar-refractivity contribution in [3.05, 3.63) is 44.6 Å². The summed E-state index contributed by atoms with van der Waals surface area (Å²) in [5, 5.41) is 1.02. The molecule has 0 radical (unpaired) electrons. The average molecular weight is 432 g/mol. The highest BCUT2D eigenvalue weighted by molar-refractivity contribution is 9.10. The minimum absolute atomic E-state index is 0.152. The highest BCUT2D eigenvalue weighted by Crippen LogP contribution is 2.45. The predicted molar refractivity (Wildman–Crippen MR) is 105 cm³/mol. The van der Waals surface area contributed by atoms with E-state index in [-0.39, 0.29) is 5.78 Å². The van der Waals surface area contributed by atoms with E-state index in [1.165, 1.54) is 18.4 Å². The molecule has 0 saturated heterocycles. The topological polar surface area (TPSA) is 65.0 Å². The first-order valence-corrected chi connectivity index (χ1v) is 10.1. The Morgan fingerprint density at radius 2 is 2.12 bits per heavy atom. The number of ether oxygens (including phenoxy) is 1. The molecule has 134 valence electrons. The minimum Gasteiger partial charge on any atom is -0.480 e. The Labute approximate surface area is 164 Å². The number of ketones is 1. The number of halogens is 1. The van der Waals surface area contributed by atoms with Gasteiger partial charge >= 0.3 is 0 Å². The highest BCUT2D eigenvalue weighted by Gasteiger charge is 2.30. The number of aromatic nitrogens is 3. The van der Waals surface area contributed by atoms with Gasteiger partial charge in [0.15, 0.2) is 0 Å². The van der Waals surface area contributed by atoms with Crippen molar-refractivity contribution in [2.75, 3.05) is 7.11 Å². The van der Waals surface area contributed by atoms with Crippen LogP contribution in [-0.4, -0.2) is 27.8 Å². The smallest absolute Gasteiger partial charge is 0.227 e. The standard InChI is InChI=1S/C19H18BrN3O2S/c1-10-23-17-16(12-3-4-12)13(9-22-19(17)26-10)7-14(24)5-11-6-15(20)18(25-2)21-8-11/h6,8-9,12H,3-5,7H2,1-2H3. The molecule has 5 nitrogen and oxygen atoms in total. The fourth-order valence-electron chi connectivity index (χ4n) is 3.22. The number of nitrogens with zero attached hydrogens (tertiary/aromatic N) is 3. The van der Waals surface area contributed by atoms with E-state index < -0.39 is 0 Å². The van der Waals surface area contributed by atoms with Crippen LogP contribution in [0.5, 0.6) is 5.88 Å². The monoisotopic (exact) mass is 431 g/mol. The molecule has 3 heterocycles. The van der Waals surface area contributed by atoms with Crippen molar-refractivity contribution in [3.63, 3.8) is 0 Å². The summed E-state index contributed by atoms with van der Waals surface area (Å²) in [5.74, 6) is 1.20. The van der Waals surface area contributed by atoms with Crippen molar-refractivity contribution >= 4 is 43.4 Å². The summed E-state index contributed by atoms with van der Waals surface area (Å²) in [6, 6.07) is 1.89. The summed E-state index contributed by atoms with van der Waals surface area (Å²) in [6.07, 6.45) is 6.63. The van der Waals surface area contributed by atoms with Crippen molar-refractivity contribution in [2.45, 2.75) is 38.5 Å². The molecule has 0 atom stereocenters. The molecule has 0 amide bonds. The molecule has 0 N–H and O–H groups in total. The van der Waals surface area contributed by atoms with Gasteiger partial charge in [-0.2, -0.15) is 0 Å². The molecule has 1 aliphatic carbocycles. The summed E-state index contributed by atoms with van der Waals surface area (Å²) >= 11 is 5.03. The van der Waals surface area contributed by atoms with Crippen molar-refractivity contribution < 1.29 is 9.53 Å². The Morgan fingerprint density at radius 1 is 1.31 bits per heavy atom. The second-order valence-corrected chi connectivity index (χ2v) is 8.62. The zero-order valence-corrected chi connectivity index (χ0v) is 17.0. The van der Waals surface area contributed by atoms with Crippen LogP contribution in [0.3, 0.4) is 0 Å². The van der Waals surface area contributed by atoms with Crippen LogP contribution in [0.2, 0.25) is 0 Å². The van der Waals surface area contributed by atoms with Gasteiger partial charge in [0.2, 0.25) is 5.88 Å². The first-order valence-electron chi connectivity index (χ1n) is 8.50. The van der Waals surface area contributed by atoms with Gasteiger partial charge in [-0.3, -0.25) is 4.79 Å². The van der Waals surface area contributed by atoms with Gasteiger partial charge in [-0.1, -0.05) is 11.3 Å². The lowest BCUT2D eigenvalue weighted by atomic mass is 9.98. The van der Waals surface area contributed by atoms with Gasteiger partial charge in [0.1, 0.15) is 16.1 Å². The predicted octanol–water partition coefficient (Wildman–Crippen LogP) is 4.40. The number of carbonyl (C=O) groups is 1. The molecule has 0 aromatic carbocycles. The van der Waals surface area contributed by atoms with Crippen LogP contribution in [0.1, 0.15) is 40.5 Å². The van der Waals surface area contributed by atoms with Gasteiger partial charge in [-0.15, -0.1) is 0 Å². The third-order valence-corrected chi connectivity index (χ3v) is 5.93. The maximum Gasteiger partial charge on any atom is 0.227 e. The molecule has 1 fully saturated rings. The van der Waals surface area contributed by atoms with Gasteiger partial charge in [0.05, 0.1) is 16.6 Å². The number of carbonyl (C=O) groups excluding carboxylic acids is 1. The molecule has 0 unspecified atom stereocenters. The Balaban J connectivity index is 1.58. The molecule has 0 spiro atoms. The number of hydrogen-bond donors (Lipinski definition) is 0. The number of aryl methyl sites for hydroxylation is 1. The Hall–Kier alpha value is -1.86. The zero-order chi connectivity index (χ0) is 18.3. The Kier molecular flexibility index (Phi) is 4.75. The normalized spacial score (nSPS) is 14.0. The van der Waals surface area contributed by atoms with Gasteiger partial charge in [0, 0.05) is 25.2 Å². The van der Waals surface area contributed by atoms with Crippen LogP contribution >= 0.6 is 27.3 Å². The van der Waals surface area contributed by atoms with Gasteiger partial charge in [-0.25, -0.2) is 15.0 Å². The lowest BCUT2D eigenvalue weighted by molar-refractivity contribution is -0.117. The van der Waals surface area contributed by atoms with Crippen LogP contribution in [0.25, 0.3) is 10.3 Å². The molecule has 1 aliphatic rings. The number of pyridine rings is 2. The summed E-state index contributed by atoms with van der Waals surface area (Å²) in [4.78, 5) is 27.1. The number of rotatable bonds is 6. The molecular formula is C19H18BrN3O2S. The third kappa shape index (κ3) is 3.50. The van der Waals surface area contributed by atoms with Crippen molar-refractivity contribution in [3.8, 4) is 5.88 Å². The van der Waals surface area contributed by atoms with E-state index in [9.17, 15) is 4.79 Å². The SMILES string of the molecule is COc1ncc(CC(=O)Cc2cnc3sc(C)nc3c2C2CC2)cc1Br. The molecule has 0 aliphatic heterocycles. The molecule has 0 bridgehead atoms. The number of fused-ring (bicyclic) bond motifs is 1. The summed E-state index contributed by atoms with van der Waals surface area (Å²) in [7, 11) is 1.57. The van der Waals surface area contributed by atoms with E-state index in [1.807, 2.05) is 19.2 Å². The third-order valence-electron chi connectivity index (χ3n) is 4.49. The Bertz CT molecular complexity index is 998. The van der Waals surface area contributed by atoms with E-state index in [0.29, 0.717) is 24.6 Å². The number of methoxy groups -OCH3 is 1. The summed E-state index contributed by atoms with van der Waals surface area (Å²) in [6.45, 7) is 2.00. The molecule has 1 saturated carbocycles. The fourth-order valence-corrected chi connectivity index (χ4v) is 4.55. The molecule has 3 aromatic heterocycles. The van der Waals surface area contributed by atoms with E-state index >= 15 is 0 Å². The second-order valence-electron chi connectivity index (χ2n) is 6.58. The van der Waals surface area contributed by atoms with Gasteiger partial charge in [0.25, 0.3) is 0 Å². The number of Topliss-reactive ketones (excluding diaryl/α,β-unsaturated/α-hetero) is 1. The fraction of sp³-hybridized carbons (Fsp3) is 0.368. The first kappa shape index (κ1) is 17.5. The zero-order valence-electron chi connectivity index (χ0n) is 14.6. The van der Waals surface area contributed by atoms with E-state index in [2.05, 4.69) is 30.9 Å². The van der Waals surface area contributed by atoms with Crippen molar-refractivity contribution in [2.24, 2.45) is 0 Å². The van der Waals surface area contributed by atoms with Crippen LogP contribution < -0.4 is 4.74 Å². The number of hydrogen-bond acceptors (Lipinski definition) is 6. The largest absolute Gasteiger partial charge is 0.480 e. The van der Waals surface area contributed by atoms with Gasteiger partial charge < -0.3 is 4.74 Å². The second kappa shape index (κ2) is 7.04. The molecular weight excluding hydrogens is 414 g/mol. The summed E-state index contributed by atoms with van der Waals surface area (Å²) < 4.78 is 5.89. The number of thiazole rings is 1. The lowest BCUT2D eigenvalue weighted by Crippen LogP contribution is -2.09. The maximum absolute atomic E-state index is 12.7. The van der Waals surface area contributed by atoms with E-state index in [4.69, 9.17) is 4.74 Å². The Morgan fingerprint density at radius 3 is 2.81 bits per heavy atom. The maximum atomic E-state index is 12.7. The van der Waals surface area contributed by atoms with Crippen LogP contribution in [0, 0.1) is 6.92 Å². The van der Waals surface area contributed by atoms with Crippen LogP contribution in [-0.2, 0) is 17.6 Å². The van der Waals surface area contributed by atoms with Crippen LogP contribution in [0.15, 0.2) is 22.9 Å². The molecule has 3 aromatic rings. The lowest BCUT2D eigenvalue weighted by Gasteiger charge is -2.09. The van der Waals surface area contributed by atoms with Gasteiger partial charge in [-0.05, 0) is 64.4 Å². The molecule has 4 rings (SSSR count). The summed E-state index contributed by atoms with van der Waals surface area (Å²) in [5.41, 5.74) is 4.13. The molecule has 26 heavy (non-hydrogen) atoms. The van der Waals surface area contributed by atoms with E-state index in [0.717, 1.165) is 31.0 Å². The minimum atomic E-state index is 0.152.